The summed E-state index contributed by atoms with van der Waals surface area (Å²) in [4.78, 5) is 16.4. The number of hydrogen-bond acceptors (Lipinski definition) is 5. The van der Waals surface area contributed by atoms with E-state index in [2.05, 4.69) is 33.9 Å². The Morgan fingerprint density at radius 3 is 3.05 bits per heavy atom. The van der Waals surface area contributed by atoms with Crippen LogP contribution < -0.4 is 0 Å². The number of carbonyl (C=O) groups excluding carboxylic acids is 1. The molecule has 102 valence electrons. The van der Waals surface area contributed by atoms with E-state index in [0.717, 1.165) is 22.4 Å². The molecule has 3 heterocycles. The van der Waals surface area contributed by atoms with E-state index >= 15 is 0 Å². The molecule has 0 spiro atoms. The Bertz CT molecular complexity index is 776. The predicted molar refractivity (Wildman–Crippen MR) is 77.0 cm³/mol. The van der Waals surface area contributed by atoms with E-state index in [1.54, 1.807) is 12.4 Å². The molecule has 0 aliphatic carbocycles. The molecule has 0 aliphatic rings. The van der Waals surface area contributed by atoms with E-state index in [4.69, 9.17) is 0 Å². The van der Waals surface area contributed by atoms with Crippen molar-refractivity contribution in [1.29, 1.82) is 0 Å². The van der Waals surface area contributed by atoms with Crippen LogP contribution in [0.2, 0.25) is 0 Å². The third-order valence-corrected chi connectivity index (χ3v) is 4.16. The van der Waals surface area contributed by atoms with Crippen LogP contribution in [0.1, 0.15) is 22.3 Å². The Balaban J connectivity index is 2.05. The average Bonchev–Trinajstić information content (AvgIpc) is 3.12. The van der Waals surface area contributed by atoms with E-state index < -0.39 is 5.97 Å². The van der Waals surface area contributed by atoms with E-state index in [9.17, 15) is 4.79 Å². The van der Waals surface area contributed by atoms with Crippen LogP contribution in [0.3, 0.4) is 0 Å². The third kappa shape index (κ3) is 2.08. The summed E-state index contributed by atoms with van der Waals surface area (Å²) in [5.74, 6) is -0.410. The second kappa shape index (κ2) is 5.05. The van der Waals surface area contributed by atoms with Crippen LogP contribution in [-0.2, 0) is 11.2 Å². The van der Waals surface area contributed by atoms with Crippen LogP contribution in [0.5, 0.6) is 0 Å². The Morgan fingerprint density at radius 2 is 2.30 bits per heavy atom. The molecule has 0 radical (unpaired) electrons. The Morgan fingerprint density at radius 1 is 1.45 bits per heavy atom. The number of esters is 1. The largest absolute Gasteiger partial charge is 0.464 e. The molecule has 20 heavy (non-hydrogen) atoms. The van der Waals surface area contributed by atoms with Crippen LogP contribution in [-0.4, -0.2) is 27.7 Å². The number of fused-ring (bicyclic) bond motifs is 1. The molecular weight excluding hydrogens is 274 g/mol. The van der Waals surface area contributed by atoms with Gasteiger partial charge >= 0.3 is 5.97 Å². The molecule has 0 atom stereocenters. The smallest absolute Gasteiger partial charge is 0.367 e. The summed E-state index contributed by atoms with van der Waals surface area (Å²) in [6, 6.07) is 4.14. The number of nitrogens with zero attached hydrogens (tertiary/aromatic N) is 3. The van der Waals surface area contributed by atoms with E-state index in [1.807, 2.05) is 10.7 Å². The minimum atomic E-state index is -0.410. The maximum atomic E-state index is 11.4. The van der Waals surface area contributed by atoms with Crippen LogP contribution in [0.25, 0.3) is 16.0 Å². The molecule has 5 nitrogen and oxygen atoms in total. The maximum Gasteiger partial charge on any atom is 0.367 e. The van der Waals surface area contributed by atoms with E-state index in [-0.39, 0.29) is 0 Å². The molecule has 6 heteroatoms. The van der Waals surface area contributed by atoms with Crippen molar-refractivity contribution in [2.45, 2.75) is 13.3 Å². The van der Waals surface area contributed by atoms with Gasteiger partial charge in [0.1, 0.15) is 0 Å². The highest BCUT2D eigenvalue weighted by Crippen LogP contribution is 2.27. The highest BCUT2D eigenvalue weighted by molar-refractivity contribution is 7.16. The zero-order chi connectivity index (χ0) is 14.1. The van der Waals surface area contributed by atoms with Crippen LogP contribution in [0.4, 0.5) is 0 Å². The molecule has 0 aromatic carbocycles. The quantitative estimate of drug-likeness (QED) is 0.695. The van der Waals surface area contributed by atoms with Crippen molar-refractivity contribution in [1.82, 2.24) is 14.6 Å². The van der Waals surface area contributed by atoms with Crippen molar-refractivity contribution in [3.8, 4) is 10.4 Å². The summed E-state index contributed by atoms with van der Waals surface area (Å²) < 4.78 is 6.52. The van der Waals surface area contributed by atoms with Crippen molar-refractivity contribution in [3.63, 3.8) is 0 Å². The van der Waals surface area contributed by atoms with Crippen molar-refractivity contribution < 1.29 is 9.53 Å². The summed E-state index contributed by atoms with van der Waals surface area (Å²) in [5.41, 5.74) is 3.29. The number of carbonyl (C=O) groups is 1. The van der Waals surface area contributed by atoms with Crippen LogP contribution in [0.15, 0.2) is 30.7 Å². The molecule has 0 fully saturated rings. The molecule has 0 bridgehead atoms. The first-order valence-corrected chi connectivity index (χ1v) is 7.05. The van der Waals surface area contributed by atoms with Gasteiger partial charge in [0.05, 0.1) is 23.7 Å². The van der Waals surface area contributed by atoms with Crippen molar-refractivity contribution >= 4 is 22.8 Å². The first-order valence-electron chi connectivity index (χ1n) is 6.23. The summed E-state index contributed by atoms with van der Waals surface area (Å²) >= 11 is 1.31. The monoisotopic (exact) mass is 287 g/mol. The fourth-order valence-corrected chi connectivity index (χ4v) is 2.88. The lowest BCUT2D eigenvalue weighted by atomic mass is 10.2. The van der Waals surface area contributed by atoms with Crippen molar-refractivity contribution in [2.24, 2.45) is 0 Å². The van der Waals surface area contributed by atoms with Gasteiger partial charge in [-0.15, -0.1) is 11.3 Å². The van der Waals surface area contributed by atoms with Gasteiger partial charge in [0.2, 0.25) is 5.01 Å². The predicted octanol–water partition coefficient (Wildman–Crippen LogP) is 2.81. The van der Waals surface area contributed by atoms with Gasteiger partial charge in [-0.05, 0) is 24.1 Å². The number of aryl methyl sites for hydroxylation is 1. The zero-order valence-electron chi connectivity index (χ0n) is 11.2. The standard InChI is InChI=1S/C14H13N3O2S/c1-3-9-4-5-17-11(9)6-10(7-16-17)12-8-15-13(20-12)14(18)19-2/h4-8H,3H2,1-2H3. The number of rotatable bonds is 3. The molecule has 3 rings (SSSR count). The molecule has 0 aliphatic heterocycles. The van der Waals surface area contributed by atoms with Gasteiger partial charge in [-0.1, -0.05) is 6.92 Å². The average molecular weight is 287 g/mol. The number of hydrogen-bond donors (Lipinski definition) is 0. The lowest BCUT2D eigenvalue weighted by Crippen LogP contribution is -1.98. The Hall–Kier alpha value is -2.21. The normalized spacial score (nSPS) is 10.9. The first kappa shape index (κ1) is 12.8. The number of methoxy groups -OCH3 is 1. The molecule has 0 saturated heterocycles. The third-order valence-electron chi connectivity index (χ3n) is 3.14. The number of ether oxygens (including phenoxy) is 1. The minimum absolute atomic E-state index is 0.355. The zero-order valence-corrected chi connectivity index (χ0v) is 12.0. The molecular formula is C14H13N3O2S. The fraction of sp³-hybridized carbons (Fsp3) is 0.214. The van der Waals surface area contributed by atoms with Gasteiger partial charge in [0.25, 0.3) is 0 Å². The fourth-order valence-electron chi connectivity index (χ4n) is 2.06. The Labute approximate surface area is 119 Å². The van der Waals surface area contributed by atoms with Gasteiger partial charge in [-0.25, -0.2) is 14.3 Å². The minimum Gasteiger partial charge on any atom is -0.464 e. The van der Waals surface area contributed by atoms with E-state index in [0.29, 0.717) is 5.01 Å². The maximum absolute atomic E-state index is 11.4. The summed E-state index contributed by atoms with van der Waals surface area (Å²) in [6.45, 7) is 2.12. The van der Waals surface area contributed by atoms with Gasteiger partial charge in [0, 0.05) is 18.0 Å². The molecule has 0 unspecified atom stereocenters. The summed E-state index contributed by atoms with van der Waals surface area (Å²) in [5, 5.41) is 4.73. The van der Waals surface area contributed by atoms with Crippen LogP contribution in [0, 0.1) is 0 Å². The van der Waals surface area contributed by atoms with Crippen molar-refractivity contribution in [3.05, 3.63) is 41.3 Å². The molecule has 3 aromatic rings. The van der Waals surface area contributed by atoms with Gasteiger partial charge in [-0.3, -0.25) is 0 Å². The second-order valence-corrected chi connectivity index (χ2v) is 5.32. The van der Waals surface area contributed by atoms with Gasteiger partial charge < -0.3 is 4.74 Å². The molecule has 0 saturated carbocycles. The second-order valence-electron chi connectivity index (χ2n) is 4.29. The number of aromatic nitrogens is 3. The lowest BCUT2D eigenvalue weighted by molar-refractivity contribution is 0.0600. The number of thiazole rings is 1. The van der Waals surface area contributed by atoms with Gasteiger partial charge in [0.15, 0.2) is 0 Å². The Kier molecular flexibility index (Phi) is 3.23. The summed E-state index contributed by atoms with van der Waals surface area (Å²) in [7, 11) is 1.35. The van der Waals surface area contributed by atoms with Crippen LogP contribution >= 0.6 is 11.3 Å². The molecule has 0 amide bonds. The SMILES string of the molecule is CCc1ccn2ncc(-c3cnc(C(=O)OC)s3)cc12. The highest BCUT2D eigenvalue weighted by atomic mass is 32.1. The topological polar surface area (TPSA) is 56.5 Å². The molecule has 3 aromatic heterocycles. The summed E-state index contributed by atoms with van der Waals surface area (Å²) in [6.07, 6.45) is 6.36. The molecule has 0 N–H and O–H groups in total. The van der Waals surface area contributed by atoms with Gasteiger partial charge in [-0.2, -0.15) is 5.10 Å². The first-order chi connectivity index (χ1) is 9.72. The highest BCUT2D eigenvalue weighted by Gasteiger charge is 2.13. The van der Waals surface area contributed by atoms with E-state index in [1.165, 1.54) is 24.0 Å². The lowest BCUT2D eigenvalue weighted by Gasteiger charge is -2.00. The van der Waals surface area contributed by atoms with Crippen molar-refractivity contribution in [2.75, 3.05) is 7.11 Å².